The fourth-order valence-electron chi connectivity index (χ4n) is 2.82. The summed E-state index contributed by atoms with van der Waals surface area (Å²) in [6.45, 7) is 0. The van der Waals surface area contributed by atoms with Crippen molar-refractivity contribution in [2.75, 3.05) is 5.73 Å². The molecule has 1 aliphatic carbocycles. The molecule has 0 radical (unpaired) electrons. The summed E-state index contributed by atoms with van der Waals surface area (Å²) in [4.78, 5) is 0. The van der Waals surface area contributed by atoms with Crippen molar-refractivity contribution < 1.29 is 0 Å². The summed E-state index contributed by atoms with van der Waals surface area (Å²) in [6.07, 6.45) is 7.24. The molecule has 1 aliphatic rings. The van der Waals surface area contributed by atoms with Gasteiger partial charge in [0.2, 0.25) is 0 Å². The van der Waals surface area contributed by atoms with Crippen molar-refractivity contribution in [3.63, 3.8) is 0 Å². The van der Waals surface area contributed by atoms with Gasteiger partial charge in [-0.25, -0.2) is 0 Å². The Morgan fingerprint density at radius 3 is 2.76 bits per heavy atom. The molecule has 0 unspecified atom stereocenters. The summed E-state index contributed by atoms with van der Waals surface area (Å²) in [5.41, 5.74) is 8.12. The standard InChI is InChI=1S/C14H15N3/c15-9-11-8-14-10(7-13(11)16)5-6-17(14)12-3-1-2-4-12/h5-8,12H,1-4,16H2. The molecule has 0 aliphatic heterocycles. The van der Waals surface area contributed by atoms with Gasteiger partial charge in [0.1, 0.15) is 6.07 Å². The molecule has 86 valence electrons. The van der Waals surface area contributed by atoms with Gasteiger partial charge in [-0.3, -0.25) is 0 Å². The Morgan fingerprint density at radius 1 is 1.29 bits per heavy atom. The van der Waals surface area contributed by atoms with Crippen LogP contribution in [0.4, 0.5) is 5.69 Å². The summed E-state index contributed by atoms with van der Waals surface area (Å²) >= 11 is 0. The number of anilines is 1. The normalized spacial score (nSPS) is 16.4. The van der Waals surface area contributed by atoms with Crippen LogP contribution in [0.25, 0.3) is 10.9 Å². The van der Waals surface area contributed by atoms with E-state index in [9.17, 15) is 0 Å². The van der Waals surface area contributed by atoms with Crippen molar-refractivity contribution in [1.82, 2.24) is 4.57 Å². The van der Waals surface area contributed by atoms with E-state index >= 15 is 0 Å². The van der Waals surface area contributed by atoms with Crippen LogP contribution in [0.2, 0.25) is 0 Å². The van der Waals surface area contributed by atoms with E-state index < -0.39 is 0 Å². The Hall–Kier alpha value is -1.95. The highest BCUT2D eigenvalue weighted by atomic mass is 15.0. The third-order valence-corrected chi connectivity index (χ3v) is 3.73. The Labute approximate surface area is 100 Å². The number of benzene rings is 1. The van der Waals surface area contributed by atoms with Gasteiger partial charge >= 0.3 is 0 Å². The molecule has 1 heterocycles. The van der Waals surface area contributed by atoms with Gasteiger partial charge in [0, 0.05) is 23.1 Å². The monoisotopic (exact) mass is 225 g/mol. The maximum Gasteiger partial charge on any atom is 0.101 e. The van der Waals surface area contributed by atoms with Gasteiger partial charge in [-0.2, -0.15) is 5.26 Å². The van der Waals surface area contributed by atoms with Gasteiger partial charge in [-0.1, -0.05) is 12.8 Å². The predicted octanol–water partition coefficient (Wildman–Crippen LogP) is 3.21. The Morgan fingerprint density at radius 2 is 2.06 bits per heavy atom. The van der Waals surface area contributed by atoms with Crippen LogP contribution in [0, 0.1) is 11.3 Å². The van der Waals surface area contributed by atoms with Crippen LogP contribution in [-0.4, -0.2) is 4.57 Å². The van der Waals surface area contributed by atoms with E-state index in [-0.39, 0.29) is 0 Å². The lowest BCUT2D eigenvalue weighted by Gasteiger charge is -2.13. The quantitative estimate of drug-likeness (QED) is 0.757. The Bertz CT molecular complexity index is 598. The molecule has 0 bridgehead atoms. The van der Waals surface area contributed by atoms with Gasteiger partial charge in [0.05, 0.1) is 11.3 Å². The molecule has 17 heavy (non-hydrogen) atoms. The summed E-state index contributed by atoms with van der Waals surface area (Å²) in [6, 6.07) is 8.67. The summed E-state index contributed by atoms with van der Waals surface area (Å²) in [5, 5.41) is 10.2. The smallest absolute Gasteiger partial charge is 0.101 e. The maximum absolute atomic E-state index is 9.03. The number of hydrogen-bond donors (Lipinski definition) is 1. The first-order chi connectivity index (χ1) is 8.29. The van der Waals surface area contributed by atoms with Crippen molar-refractivity contribution in [3.05, 3.63) is 30.0 Å². The zero-order valence-electron chi connectivity index (χ0n) is 9.69. The predicted molar refractivity (Wildman–Crippen MR) is 68.6 cm³/mol. The lowest BCUT2D eigenvalue weighted by atomic mass is 10.1. The van der Waals surface area contributed by atoms with Crippen LogP contribution < -0.4 is 5.73 Å². The molecule has 3 nitrogen and oxygen atoms in total. The molecule has 1 saturated carbocycles. The van der Waals surface area contributed by atoms with Crippen molar-refractivity contribution in [2.45, 2.75) is 31.7 Å². The number of nitrogens with two attached hydrogens (primary N) is 1. The number of aromatic nitrogens is 1. The molecule has 0 spiro atoms. The topological polar surface area (TPSA) is 54.7 Å². The van der Waals surface area contributed by atoms with Gasteiger partial charge in [0.15, 0.2) is 0 Å². The molecular formula is C14H15N3. The van der Waals surface area contributed by atoms with Crippen LogP contribution in [0.5, 0.6) is 0 Å². The molecule has 1 aromatic heterocycles. The van der Waals surface area contributed by atoms with Gasteiger partial charge < -0.3 is 10.3 Å². The molecule has 1 aromatic carbocycles. The average molecular weight is 225 g/mol. The fourth-order valence-corrected chi connectivity index (χ4v) is 2.82. The number of nitrogen functional groups attached to an aromatic ring is 1. The van der Waals surface area contributed by atoms with Crippen molar-refractivity contribution in [2.24, 2.45) is 0 Å². The second kappa shape index (κ2) is 3.81. The average Bonchev–Trinajstić information content (AvgIpc) is 2.95. The molecule has 2 aromatic rings. The SMILES string of the molecule is N#Cc1cc2c(ccn2C2CCCC2)cc1N. The van der Waals surface area contributed by atoms with E-state index in [1.165, 1.54) is 25.7 Å². The molecular weight excluding hydrogens is 210 g/mol. The first-order valence-electron chi connectivity index (χ1n) is 6.10. The number of nitriles is 1. The highest BCUT2D eigenvalue weighted by molar-refractivity contribution is 5.86. The van der Waals surface area contributed by atoms with Crippen molar-refractivity contribution in [1.29, 1.82) is 5.26 Å². The lowest BCUT2D eigenvalue weighted by molar-refractivity contribution is 0.536. The minimum Gasteiger partial charge on any atom is -0.398 e. The van der Waals surface area contributed by atoms with Crippen LogP contribution >= 0.6 is 0 Å². The van der Waals surface area contributed by atoms with E-state index in [4.69, 9.17) is 11.0 Å². The summed E-state index contributed by atoms with van der Waals surface area (Å²) in [7, 11) is 0. The molecule has 0 saturated heterocycles. The zero-order chi connectivity index (χ0) is 11.8. The highest BCUT2D eigenvalue weighted by Crippen LogP contribution is 2.33. The number of fused-ring (bicyclic) bond motifs is 1. The Kier molecular flexibility index (Phi) is 2.29. The molecule has 1 fully saturated rings. The van der Waals surface area contributed by atoms with E-state index in [1.807, 2.05) is 12.1 Å². The van der Waals surface area contributed by atoms with E-state index in [0.29, 0.717) is 17.3 Å². The highest BCUT2D eigenvalue weighted by Gasteiger charge is 2.18. The van der Waals surface area contributed by atoms with Crippen LogP contribution in [0.1, 0.15) is 37.3 Å². The van der Waals surface area contributed by atoms with Crippen LogP contribution in [0.15, 0.2) is 24.4 Å². The number of rotatable bonds is 1. The second-order valence-electron chi connectivity index (χ2n) is 4.77. The minimum absolute atomic E-state index is 0.573. The molecule has 0 atom stereocenters. The van der Waals surface area contributed by atoms with Gasteiger partial charge in [-0.15, -0.1) is 0 Å². The third kappa shape index (κ3) is 1.57. The van der Waals surface area contributed by atoms with E-state index in [1.54, 1.807) is 0 Å². The molecule has 2 N–H and O–H groups in total. The van der Waals surface area contributed by atoms with Crippen molar-refractivity contribution >= 4 is 16.6 Å². The Balaban J connectivity index is 2.17. The van der Waals surface area contributed by atoms with Crippen molar-refractivity contribution in [3.8, 4) is 6.07 Å². The largest absolute Gasteiger partial charge is 0.398 e. The van der Waals surface area contributed by atoms with Gasteiger partial charge in [-0.05, 0) is 31.0 Å². The first-order valence-corrected chi connectivity index (χ1v) is 6.10. The van der Waals surface area contributed by atoms with Gasteiger partial charge in [0.25, 0.3) is 0 Å². The van der Waals surface area contributed by atoms with Crippen LogP contribution in [-0.2, 0) is 0 Å². The van der Waals surface area contributed by atoms with E-state index in [0.717, 1.165) is 10.9 Å². The first kappa shape index (κ1) is 10.2. The molecule has 0 amide bonds. The second-order valence-corrected chi connectivity index (χ2v) is 4.77. The fraction of sp³-hybridized carbons (Fsp3) is 0.357. The zero-order valence-corrected chi connectivity index (χ0v) is 9.69. The summed E-state index contributed by atoms with van der Waals surface area (Å²) < 4.78 is 2.31. The van der Waals surface area contributed by atoms with Crippen LogP contribution in [0.3, 0.4) is 0 Å². The molecule has 3 heteroatoms. The summed E-state index contributed by atoms with van der Waals surface area (Å²) in [5.74, 6) is 0. The third-order valence-electron chi connectivity index (χ3n) is 3.73. The van der Waals surface area contributed by atoms with E-state index in [2.05, 4.69) is 22.9 Å². The number of nitrogens with zero attached hydrogens (tertiary/aromatic N) is 2. The minimum atomic E-state index is 0.573. The lowest BCUT2D eigenvalue weighted by Crippen LogP contribution is -2.03. The number of hydrogen-bond acceptors (Lipinski definition) is 2. The maximum atomic E-state index is 9.03. The molecule has 3 rings (SSSR count).